The Balaban J connectivity index is 1.54. The largest absolute Gasteiger partial charge is 0.385 e. The molecule has 3 aromatic carbocycles. The summed E-state index contributed by atoms with van der Waals surface area (Å²) < 4.78 is 39.7. The fourth-order valence-corrected chi connectivity index (χ4v) is 2.55. The van der Waals surface area contributed by atoms with Crippen LogP contribution in [0.15, 0.2) is 66.7 Å². The van der Waals surface area contributed by atoms with Gasteiger partial charge < -0.3 is 10.6 Å². The van der Waals surface area contributed by atoms with E-state index in [0.29, 0.717) is 24.2 Å². The van der Waals surface area contributed by atoms with Gasteiger partial charge in [0.15, 0.2) is 11.6 Å². The number of benzene rings is 3. The third kappa shape index (κ3) is 4.88. The van der Waals surface area contributed by atoms with E-state index >= 15 is 0 Å². The quantitative estimate of drug-likeness (QED) is 0.640. The molecule has 0 radical (unpaired) electrons. The summed E-state index contributed by atoms with van der Waals surface area (Å²) in [5.74, 6) is -2.84. The number of hydrogen-bond acceptors (Lipinski definition) is 2. The molecule has 0 fully saturated rings. The summed E-state index contributed by atoms with van der Waals surface area (Å²) in [5, 5.41) is 5.79. The minimum atomic E-state index is -1.07. The van der Waals surface area contributed by atoms with Gasteiger partial charge in [-0.2, -0.15) is 0 Å². The summed E-state index contributed by atoms with van der Waals surface area (Å²) in [6.07, 6.45) is 0.543. The first-order valence-corrected chi connectivity index (χ1v) is 8.36. The second-order valence-electron chi connectivity index (χ2n) is 5.93. The lowest BCUT2D eigenvalue weighted by Gasteiger charge is -2.09. The molecule has 27 heavy (non-hydrogen) atoms. The third-order valence-corrected chi connectivity index (χ3v) is 4.01. The van der Waals surface area contributed by atoms with Crippen LogP contribution in [0.1, 0.15) is 15.9 Å². The Hall–Kier alpha value is -3.28. The van der Waals surface area contributed by atoms with Crippen molar-refractivity contribution in [2.75, 3.05) is 17.2 Å². The number of hydrogen-bond donors (Lipinski definition) is 2. The van der Waals surface area contributed by atoms with E-state index in [2.05, 4.69) is 10.6 Å². The van der Waals surface area contributed by atoms with Gasteiger partial charge in [-0.25, -0.2) is 13.2 Å². The lowest BCUT2D eigenvalue weighted by atomic mass is 10.1. The SMILES string of the molecule is O=C(Nc1ccc(NCCc2ccccc2F)cc1)c1ccc(F)c(F)c1. The van der Waals surface area contributed by atoms with Gasteiger partial charge in [-0.05, 0) is 60.5 Å². The fourth-order valence-electron chi connectivity index (χ4n) is 2.55. The first kappa shape index (κ1) is 18.5. The number of nitrogens with one attached hydrogen (secondary N) is 2. The molecule has 0 saturated heterocycles. The van der Waals surface area contributed by atoms with Crippen LogP contribution in [0.25, 0.3) is 0 Å². The van der Waals surface area contributed by atoms with E-state index in [9.17, 15) is 18.0 Å². The van der Waals surface area contributed by atoms with E-state index in [1.165, 1.54) is 12.1 Å². The molecule has 3 aromatic rings. The van der Waals surface area contributed by atoms with Crippen LogP contribution in [0.5, 0.6) is 0 Å². The van der Waals surface area contributed by atoms with Gasteiger partial charge in [-0.1, -0.05) is 18.2 Å². The minimum Gasteiger partial charge on any atom is -0.385 e. The maximum absolute atomic E-state index is 13.6. The highest BCUT2D eigenvalue weighted by Gasteiger charge is 2.10. The molecule has 138 valence electrons. The van der Waals surface area contributed by atoms with E-state index in [1.54, 1.807) is 42.5 Å². The summed E-state index contributed by atoms with van der Waals surface area (Å²) in [6, 6.07) is 16.5. The predicted octanol–water partition coefficient (Wildman–Crippen LogP) is 5.01. The van der Waals surface area contributed by atoms with Gasteiger partial charge in [-0.15, -0.1) is 0 Å². The molecular formula is C21H17F3N2O. The van der Waals surface area contributed by atoms with E-state index < -0.39 is 17.5 Å². The minimum absolute atomic E-state index is 0.0287. The number of halogens is 3. The van der Waals surface area contributed by atoms with E-state index in [0.717, 1.165) is 17.8 Å². The van der Waals surface area contributed by atoms with Crippen LogP contribution in [0.2, 0.25) is 0 Å². The highest BCUT2D eigenvalue weighted by atomic mass is 19.2. The van der Waals surface area contributed by atoms with E-state index in [-0.39, 0.29) is 11.4 Å². The molecule has 0 aliphatic rings. The molecule has 3 rings (SSSR count). The molecular weight excluding hydrogens is 353 g/mol. The molecule has 0 saturated carbocycles. The van der Waals surface area contributed by atoms with Crippen molar-refractivity contribution in [2.24, 2.45) is 0 Å². The zero-order valence-corrected chi connectivity index (χ0v) is 14.3. The Morgan fingerprint density at radius 2 is 1.48 bits per heavy atom. The summed E-state index contributed by atoms with van der Waals surface area (Å²) in [5.41, 5.74) is 2.00. The molecule has 0 bridgehead atoms. The van der Waals surface area contributed by atoms with Gasteiger partial charge in [0.05, 0.1) is 0 Å². The summed E-state index contributed by atoms with van der Waals surface area (Å²) >= 11 is 0. The molecule has 0 heterocycles. The van der Waals surface area contributed by atoms with Gasteiger partial charge in [0, 0.05) is 23.5 Å². The van der Waals surface area contributed by atoms with Crippen LogP contribution >= 0.6 is 0 Å². The molecule has 0 spiro atoms. The van der Waals surface area contributed by atoms with Gasteiger partial charge in [-0.3, -0.25) is 4.79 Å². The average Bonchev–Trinajstić information content (AvgIpc) is 2.67. The number of carbonyl (C=O) groups excluding carboxylic acids is 1. The van der Waals surface area contributed by atoms with E-state index in [4.69, 9.17) is 0 Å². The predicted molar refractivity (Wildman–Crippen MR) is 99.3 cm³/mol. The highest BCUT2D eigenvalue weighted by molar-refractivity contribution is 6.04. The zero-order valence-electron chi connectivity index (χ0n) is 14.3. The molecule has 2 N–H and O–H groups in total. The van der Waals surface area contributed by atoms with Crippen molar-refractivity contribution in [3.05, 3.63) is 95.3 Å². The molecule has 6 heteroatoms. The van der Waals surface area contributed by atoms with Crippen molar-refractivity contribution in [1.29, 1.82) is 0 Å². The van der Waals surface area contributed by atoms with Crippen molar-refractivity contribution in [1.82, 2.24) is 0 Å². The zero-order chi connectivity index (χ0) is 19.2. The number of rotatable bonds is 6. The average molecular weight is 370 g/mol. The van der Waals surface area contributed by atoms with Crippen LogP contribution in [0, 0.1) is 17.5 Å². The Bertz CT molecular complexity index is 942. The van der Waals surface area contributed by atoms with Crippen LogP contribution in [-0.4, -0.2) is 12.5 Å². The first-order valence-electron chi connectivity index (χ1n) is 8.36. The van der Waals surface area contributed by atoms with Crippen molar-refractivity contribution >= 4 is 17.3 Å². The van der Waals surface area contributed by atoms with Crippen molar-refractivity contribution in [3.8, 4) is 0 Å². The lowest BCUT2D eigenvalue weighted by molar-refractivity contribution is 0.102. The van der Waals surface area contributed by atoms with Crippen molar-refractivity contribution < 1.29 is 18.0 Å². The number of carbonyl (C=O) groups is 1. The molecule has 0 aromatic heterocycles. The van der Waals surface area contributed by atoms with Crippen LogP contribution in [-0.2, 0) is 6.42 Å². The lowest BCUT2D eigenvalue weighted by Crippen LogP contribution is -2.12. The second kappa shape index (κ2) is 8.40. The number of amides is 1. The molecule has 0 aliphatic carbocycles. The summed E-state index contributed by atoms with van der Waals surface area (Å²) in [7, 11) is 0. The Kier molecular flexibility index (Phi) is 5.76. The Labute approximate surface area is 154 Å². The fraction of sp³-hybridized carbons (Fsp3) is 0.0952. The third-order valence-electron chi connectivity index (χ3n) is 4.01. The van der Waals surface area contributed by atoms with Crippen LogP contribution in [0.4, 0.5) is 24.5 Å². The van der Waals surface area contributed by atoms with Gasteiger partial charge in [0.2, 0.25) is 0 Å². The van der Waals surface area contributed by atoms with Crippen LogP contribution in [0.3, 0.4) is 0 Å². The molecule has 0 unspecified atom stereocenters. The standard InChI is InChI=1S/C21H17F3N2O/c22-18-4-2-1-3-14(18)11-12-25-16-6-8-17(9-7-16)26-21(27)15-5-10-19(23)20(24)13-15/h1-10,13,25H,11-12H2,(H,26,27). The molecule has 0 atom stereocenters. The Morgan fingerprint density at radius 3 is 2.19 bits per heavy atom. The van der Waals surface area contributed by atoms with Gasteiger partial charge in [0.1, 0.15) is 5.82 Å². The van der Waals surface area contributed by atoms with Crippen LogP contribution < -0.4 is 10.6 Å². The summed E-state index contributed by atoms with van der Waals surface area (Å²) in [4.78, 5) is 12.1. The van der Waals surface area contributed by atoms with Crippen molar-refractivity contribution in [3.63, 3.8) is 0 Å². The van der Waals surface area contributed by atoms with Gasteiger partial charge in [0.25, 0.3) is 5.91 Å². The Morgan fingerprint density at radius 1 is 0.778 bits per heavy atom. The van der Waals surface area contributed by atoms with Gasteiger partial charge >= 0.3 is 0 Å². The molecule has 1 amide bonds. The number of anilines is 2. The highest BCUT2D eigenvalue weighted by Crippen LogP contribution is 2.16. The smallest absolute Gasteiger partial charge is 0.255 e. The maximum Gasteiger partial charge on any atom is 0.255 e. The van der Waals surface area contributed by atoms with E-state index in [1.807, 2.05) is 0 Å². The molecule has 3 nitrogen and oxygen atoms in total. The van der Waals surface area contributed by atoms with Crippen molar-refractivity contribution in [2.45, 2.75) is 6.42 Å². The first-order chi connectivity index (χ1) is 13.0. The monoisotopic (exact) mass is 370 g/mol. The normalized spacial score (nSPS) is 10.5. The summed E-state index contributed by atoms with van der Waals surface area (Å²) in [6.45, 7) is 0.557. The maximum atomic E-state index is 13.6. The second-order valence-corrected chi connectivity index (χ2v) is 5.93. The molecule has 0 aliphatic heterocycles. The topological polar surface area (TPSA) is 41.1 Å².